The zero-order valence-electron chi connectivity index (χ0n) is 14.2. The van der Waals surface area contributed by atoms with Crippen LogP contribution in [0.4, 0.5) is 11.4 Å². The molecule has 144 valence electrons. The van der Waals surface area contributed by atoms with Gasteiger partial charge < -0.3 is 24.8 Å². The predicted octanol–water partition coefficient (Wildman–Crippen LogP) is 3.54. The minimum atomic E-state index is -0.540. The fourth-order valence-corrected chi connectivity index (χ4v) is 2.30. The molecule has 0 atom stereocenters. The number of carbonyl (C=O) groups excluding carboxylic acids is 2. The standard InChI is InChI=1S/C18H18Cl2N2O5/c19-13-5-1-3-7-15(13)21-9-17(23)26-11-25-12-27-18(24)10-22-16-8-4-2-6-14(16)20/h1-8,21-22H,9-12H2. The molecule has 0 saturated carbocycles. The average molecular weight is 413 g/mol. The lowest BCUT2D eigenvalue weighted by Crippen LogP contribution is -2.21. The Morgan fingerprint density at radius 1 is 0.741 bits per heavy atom. The van der Waals surface area contributed by atoms with Gasteiger partial charge in [0.2, 0.25) is 0 Å². The Morgan fingerprint density at radius 3 is 1.56 bits per heavy atom. The molecule has 27 heavy (non-hydrogen) atoms. The third-order valence-electron chi connectivity index (χ3n) is 3.20. The lowest BCUT2D eigenvalue weighted by atomic mass is 10.3. The summed E-state index contributed by atoms with van der Waals surface area (Å²) >= 11 is 11.9. The summed E-state index contributed by atoms with van der Waals surface area (Å²) in [4.78, 5) is 23.2. The molecule has 0 saturated heterocycles. The number of hydrogen-bond acceptors (Lipinski definition) is 7. The van der Waals surface area contributed by atoms with Crippen molar-refractivity contribution in [2.45, 2.75) is 0 Å². The van der Waals surface area contributed by atoms with Crippen LogP contribution in [0.25, 0.3) is 0 Å². The molecule has 0 radical (unpaired) electrons. The quantitative estimate of drug-likeness (QED) is 0.350. The van der Waals surface area contributed by atoms with Crippen LogP contribution in [-0.2, 0) is 23.8 Å². The van der Waals surface area contributed by atoms with Gasteiger partial charge in [-0.15, -0.1) is 0 Å². The van der Waals surface area contributed by atoms with E-state index < -0.39 is 11.9 Å². The van der Waals surface area contributed by atoms with E-state index in [0.29, 0.717) is 21.4 Å². The fraction of sp³-hybridized carbons (Fsp3) is 0.222. The van der Waals surface area contributed by atoms with Crippen LogP contribution in [-0.4, -0.2) is 38.6 Å². The highest BCUT2D eigenvalue weighted by atomic mass is 35.5. The minimum Gasteiger partial charge on any atom is -0.437 e. The summed E-state index contributed by atoms with van der Waals surface area (Å²) in [7, 11) is 0. The highest BCUT2D eigenvalue weighted by Gasteiger charge is 2.07. The van der Waals surface area contributed by atoms with Gasteiger partial charge in [-0.05, 0) is 24.3 Å². The van der Waals surface area contributed by atoms with Crippen molar-refractivity contribution >= 4 is 46.5 Å². The van der Waals surface area contributed by atoms with Gasteiger partial charge in [-0.2, -0.15) is 0 Å². The molecule has 0 heterocycles. The molecule has 0 aliphatic rings. The topological polar surface area (TPSA) is 85.9 Å². The van der Waals surface area contributed by atoms with Crippen molar-refractivity contribution in [2.24, 2.45) is 0 Å². The number of rotatable bonds is 10. The fourth-order valence-electron chi connectivity index (χ4n) is 1.89. The Bertz CT molecular complexity index is 709. The Kier molecular flexibility index (Phi) is 8.70. The molecule has 9 heteroatoms. The van der Waals surface area contributed by atoms with Gasteiger partial charge in [-0.25, -0.2) is 0 Å². The first-order valence-electron chi connectivity index (χ1n) is 7.92. The average Bonchev–Trinajstić information content (AvgIpc) is 2.66. The molecule has 0 amide bonds. The first kappa shape index (κ1) is 20.8. The molecular weight excluding hydrogens is 395 g/mol. The van der Waals surface area contributed by atoms with Crippen LogP contribution < -0.4 is 10.6 Å². The van der Waals surface area contributed by atoms with E-state index in [4.69, 9.17) is 37.4 Å². The molecule has 2 aromatic carbocycles. The monoisotopic (exact) mass is 412 g/mol. The maximum Gasteiger partial charge on any atom is 0.327 e. The third-order valence-corrected chi connectivity index (χ3v) is 3.86. The van der Waals surface area contributed by atoms with Crippen molar-refractivity contribution in [3.63, 3.8) is 0 Å². The third kappa shape index (κ3) is 7.74. The highest BCUT2D eigenvalue weighted by Crippen LogP contribution is 2.20. The van der Waals surface area contributed by atoms with E-state index in [-0.39, 0.29) is 26.7 Å². The maximum atomic E-state index is 11.6. The number of ether oxygens (including phenoxy) is 3. The SMILES string of the molecule is O=C(CNc1ccccc1Cl)OCOCOC(=O)CNc1ccccc1Cl. The van der Waals surface area contributed by atoms with Gasteiger partial charge in [0.15, 0.2) is 13.6 Å². The summed E-state index contributed by atoms with van der Waals surface area (Å²) in [6, 6.07) is 14.0. The van der Waals surface area contributed by atoms with Crippen molar-refractivity contribution < 1.29 is 23.8 Å². The van der Waals surface area contributed by atoms with Gasteiger partial charge in [-0.1, -0.05) is 47.5 Å². The molecule has 0 aromatic heterocycles. The number of para-hydroxylation sites is 2. The molecule has 0 aliphatic heterocycles. The zero-order valence-corrected chi connectivity index (χ0v) is 15.8. The second-order valence-electron chi connectivity index (χ2n) is 5.14. The summed E-state index contributed by atoms with van der Waals surface area (Å²) < 4.78 is 14.6. The van der Waals surface area contributed by atoms with Crippen LogP contribution in [0.1, 0.15) is 0 Å². The lowest BCUT2D eigenvalue weighted by molar-refractivity contribution is -0.173. The highest BCUT2D eigenvalue weighted by molar-refractivity contribution is 6.33. The van der Waals surface area contributed by atoms with Gasteiger partial charge in [-0.3, -0.25) is 9.59 Å². The Balaban J connectivity index is 1.53. The van der Waals surface area contributed by atoms with Crippen molar-refractivity contribution in [3.8, 4) is 0 Å². The van der Waals surface area contributed by atoms with Crippen molar-refractivity contribution in [1.82, 2.24) is 0 Å². The molecule has 0 aliphatic carbocycles. The van der Waals surface area contributed by atoms with Gasteiger partial charge in [0.25, 0.3) is 0 Å². The Labute approximate surface area is 166 Å². The molecule has 0 spiro atoms. The predicted molar refractivity (Wildman–Crippen MR) is 103 cm³/mol. The molecule has 7 nitrogen and oxygen atoms in total. The second kappa shape index (κ2) is 11.3. The summed E-state index contributed by atoms with van der Waals surface area (Å²) in [6.45, 7) is -0.828. The van der Waals surface area contributed by atoms with E-state index in [1.165, 1.54) is 0 Å². The number of esters is 2. The molecule has 2 rings (SSSR count). The van der Waals surface area contributed by atoms with Crippen LogP contribution in [0.3, 0.4) is 0 Å². The summed E-state index contributed by atoms with van der Waals surface area (Å²) in [5.74, 6) is -1.08. The van der Waals surface area contributed by atoms with E-state index in [0.717, 1.165) is 0 Å². The van der Waals surface area contributed by atoms with Gasteiger partial charge in [0.05, 0.1) is 21.4 Å². The molecule has 2 N–H and O–H groups in total. The van der Waals surface area contributed by atoms with Crippen LogP contribution >= 0.6 is 23.2 Å². The summed E-state index contributed by atoms with van der Waals surface area (Å²) in [5.41, 5.74) is 1.24. The molecule has 2 aromatic rings. The molecule has 0 fully saturated rings. The number of hydrogen-bond donors (Lipinski definition) is 2. The smallest absolute Gasteiger partial charge is 0.327 e. The number of anilines is 2. The Hall–Kier alpha value is -2.48. The summed E-state index contributed by atoms with van der Waals surface area (Å²) in [5, 5.41) is 6.68. The zero-order chi connectivity index (χ0) is 19.5. The Morgan fingerprint density at radius 2 is 1.15 bits per heavy atom. The lowest BCUT2D eigenvalue weighted by Gasteiger charge is -2.10. The number of carbonyl (C=O) groups is 2. The van der Waals surface area contributed by atoms with E-state index in [1.54, 1.807) is 48.5 Å². The molecule has 0 unspecified atom stereocenters. The first-order valence-corrected chi connectivity index (χ1v) is 8.67. The second-order valence-corrected chi connectivity index (χ2v) is 5.95. The van der Waals surface area contributed by atoms with Crippen LogP contribution in [0.15, 0.2) is 48.5 Å². The molecular formula is C18H18Cl2N2O5. The van der Waals surface area contributed by atoms with Crippen molar-refractivity contribution in [1.29, 1.82) is 0 Å². The van der Waals surface area contributed by atoms with Crippen LogP contribution in [0, 0.1) is 0 Å². The number of nitrogens with one attached hydrogen (secondary N) is 2. The van der Waals surface area contributed by atoms with Crippen LogP contribution in [0.2, 0.25) is 10.0 Å². The van der Waals surface area contributed by atoms with E-state index in [1.807, 2.05) is 0 Å². The van der Waals surface area contributed by atoms with E-state index in [9.17, 15) is 9.59 Å². The van der Waals surface area contributed by atoms with E-state index >= 15 is 0 Å². The maximum absolute atomic E-state index is 11.6. The molecule has 0 bridgehead atoms. The van der Waals surface area contributed by atoms with Crippen LogP contribution in [0.5, 0.6) is 0 Å². The van der Waals surface area contributed by atoms with Gasteiger partial charge >= 0.3 is 11.9 Å². The van der Waals surface area contributed by atoms with Gasteiger partial charge in [0.1, 0.15) is 13.1 Å². The number of halogens is 2. The van der Waals surface area contributed by atoms with Crippen molar-refractivity contribution in [2.75, 3.05) is 37.3 Å². The minimum absolute atomic E-state index is 0.0748. The van der Waals surface area contributed by atoms with E-state index in [2.05, 4.69) is 10.6 Å². The first-order chi connectivity index (χ1) is 13.1. The summed E-state index contributed by atoms with van der Waals surface area (Å²) in [6.07, 6.45) is 0. The van der Waals surface area contributed by atoms with Crippen molar-refractivity contribution in [3.05, 3.63) is 58.6 Å². The normalized spacial score (nSPS) is 10.1. The number of benzene rings is 2. The largest absolute Gasteiger partial charge is 0.437 e. The van der Waals surface area contributed by atoms with Gasteiger partial charge in [0, 0.05) is 0 Å².